The van der Waals surface area contributed by atoms with E-state index in [0.29, 0.717) is 4.90 Å². The van der Waals surface area contributed by atoms with Crippen LogP contribution < -0.4 is 4.72 Å². The predicted molar refractivity (Wildman–Crippen MR) is 134 cm³/mol. The first-order chi connectivity index (χ1) is 14.8. The van der Waals surface area contributed by atoms with Gasteiger partial charge in [-0.25, -0.2) is 8.93 Å². The molecule has 1 unspecified atom stereocenters. The van der Waals surface area contributed by atoms with Crippen molar-refractivity contribution in [2.75, 3.05) is 14.2 Å². The lowest BCUT2D eigenvalue weighted by molar-refractivity contribution is 0.152. The van der Waals surface area contributed by atoms with Gasteiger partial charge in [0.1, 0.15) is 11.0 Å². The van der Waals surface area contributed by atoms with Crippen LogP contribution >= 0.6 is 7.60 Å². The van der Waals surface area contributed by atoms with Crippen LogP contribution in [0, 0.1) is 6.92 Å². The van der Waals surface area contributed by atoms with Gasteiger partial charge in [-0.1, -0.05) is 68.8 Å². The van der Waals surface area contributed by atoms with Crippen molar-refractivity contribution in [2.24, 2.45) is 0 Å². The molecule has 2 rings (SSSR count). The Bertz CT molecular complexity index is 939. The number of aryl methyl sites for hydroxylation is 1. The number of hydrogen-bond donors (Lipinski definition) is 1. The fraction of sp³-hybridized carbons (Fsp3) is 0.478. The van der Waals surface area contributed by atoms with Crippen LogP contribution in [0.1, 0.15) is 38.0 Å². The standard InChI is InChI=1S/C23H36NO5PSSi/c1-18-14-16-20(17-15-18)31(26)24-22(30(25,27-5)28-6)21(19-12-10-9-11-13-19)29-32(7,8)23(2,3)4/h9-17,21-22,24H,1-8H3/t21-,22+,31?/m0/s1. The van der Waals surface area contributed by atoms with Crippen LogP contribution in [0.5, 0.6) is 0 Å². The van der Waals surface area contributed by atoms with Gasteiger partial charge >= 0.3 is 7.60 Å². The summed E-state index contributed by atoms with van der Waals surface area (Å²) in [5.74, 6) is -0.990. The molecule has 0 aliphatic rings. The van der Waals surface area contributed by atoms with Crippen molar-refractivity contribution < 1.29 is 22.2 Å². The largest absolute Gasteiger partial charge is 0.408 e. The van der Waals surface area contributed by atoms with Crippen LogP contribution in [0.3, 0.4) is 0 Å². The van der Waals surface area contributed by atoms with Gasteiger partial charge in [0.2, 0.25) is 0 Å². The Kier molecular flexibility index (Phi) is 9.21. The summed E-state index contributed by atoms with van der Waals surface area (Å²) in [6, 6.07) is 16.9. The molecule has 0 radical (unpaired) electrons. The molecule has 6 nitrogen and oxygen atoms in total. The summed E-state index contributed by atoms with van der Waals surface area (Å²) in [6.07, 6.45) is -0.697. The third-order valence-electron chi connectivity index (χ3n) is 5.96. The third kappa shape index (κ3) is 6.47. The van der Waals surface area contributed by atoms with Crippen LogP contribution in [0.4, 0.5) is 0 Å². The van der Waals surface area contributed by atoms with Crippen LogP contribution in [-0.2, 0) is 29.0 Å². The molecule has 3 atom stereocenters. The first kappa shape index (κ1) is 27.1. The molecule has 178 valence electrons. The molecular weight excluding hydrogens is 461 g/mol. The fourth-order valence-corrected chi connectivity index (χ4v) is 7.09. The molecule has 9 heteroatoms. The van der Waals surface area contributed by atoms with E-state index < -0.39 is 38.8 Å². The van der Waals surface area contributed by atoms with Gasteiger partial charge < -0.3 is 13.5 Å². The Labute approximate surface area is 196 Å². The molecule has 0 aromatic heterocycles. The first-order valence-corrected chi connectivity index (χ1v) is 16.2. The summed E-state index contributed by atoms with van der Waals surface area (Å²) in [6.45, 7) is 12.6. The number of nitrogens with one attached hydrogen (secondary N) is 1. The molecule has 0 heterocycles. The van der Waals surface area contributed by atoms with E-state index >= 15 is 0 Å². The number of hydrogen-bond acceptors (Lipinski definition) is 5. The minimum atomic E-state index is -3.74. The van der Waals surface area contributed by atoms with E-state index in [0.717, 1.165) is 11.1 Å². The summed E-state index contributed by atoms with van der Waals surface area (Å²) in [5.41, 5.74) is 1.87. The zero-order valence-electron chi connectivity index (χ0n) is 20.2. The molecule has 0 aliphatic carbocycles. The molecule has 0 aliphatic heterocycles. The lowest BCUT2D eigenvalue weighted by Gasteiger charge is -2.42. The van der Waals surface area contributed by atoms with Crippen LogP contribution in [0.2, 0.25) is 18.1 Å². The second kappa shape index (κ2) is 10.9. The maximum absolute atomic E-state index is 13.7. The average molecular weight is 498 g/mol. The second-order valence-electron chi connectivity index (χ2n) is 9.26. The average Bonchev–Trinajstić information content (AvgIpc) is 2.75. The Morgan fingerprint density at radius 3 is 1.97 bits per heavy atom. The van der Waals surface area contributed by atoms with Gasteiger partial charge in [-0.05, 0) is 42.8 Å². The highest BCUT2D eigenvalue weighted by Gasteiger charge is 2.47. The molecule has 0 bridgehead atoms. The fourth-order valence-electron chi connectivity index (χ4n) is 2.89. The monoisotopic (exact) mass is 497 g/mol. The molecule has 0 fully saturated rings. The van der Waals surface area contributed by atoms with E-state index in [4.69, 9.17) is 13.5 Å². The molecule has 0 saturated heterocycles. The van der Waals surface area contributed by atoms with Crippen molar-refractivity contribution in [3.8, 4) is 0 Å². The summed E-state index contributed by atoms with van der Waals surface area (Å²) < 4.78 is 47.5. The summed E-state index contributed by atoms with van der Waals surface area (Å²) in [5, 5.41) is -0.0924. The van der Waals surface area contributed by atoms with E-state index in [2.05, 4.69) is 38.6 Å². The first-order valence-electron chi connectivity index (χ1n) is 10.5. The lowest BCUT2D eigenvalue weighted by Crippen LogP contribution is -2.47. The maximum Gasteiger partial charge on any atom is 0.350 e. The van der Waals surface area contributed by atoms with E-state index in [1.165, 1.54) is 14.2 Å². The van der Waals surface area contributed by atoms with E-state index in [9.17, 15) is 8.77 Å². The van der Waals surface area contributed by atoms with Crippen molar-refractivity contribution in [1.29, 1.82) is 0 Å². The van der Waals surface area contributed by atoms with Gasteiger partial charge in [0.15, 0.2) is 14.1 Å². The van der Waals surface area contributed by atoms with Crippen LogP contribution in [-0.4, -0.2) is 32.5 Å². The van der Waals surface area contributed by atoms with E-state index in [1.807, 2.05) is 49.4 Å². The molecule has 2 aromatic carbocycles. The Balaban J connectivity index is 2.57. The van der Waals surface area contributed by atoms with Gasteiger partial charge in [-0.15, -0.1) is 0 Å². The smallest absolute Gasteiger partial charge is 0.350 e. The molecule has 1 N–H and O–H groups in total. The summed E-state index contributed by atoms with van der Waals surface area (Å²) >= 11 is 0. The SMILES string of the molecule is COP(=O)(OC)[C@@H](NS(=O)c1ccc(C)cc1)[C@@H](O[Si](C)(C)C(C)(C)C)c1ccccc1. The number of benzene rings is 2. The molecular formula is C23H36NO5PSSi. The molecule has 0 amide bonds. The van der Waals surface area contributed by atoms with Crippen molar-refractivity contribution in [2.45, 2.75) is 62.6 Å². The molecule has 0 saturated carbocycles. The van der Waals surface area contributed by atoms with Crippen LogP contribution in [0.25, 0.3) is 0 Å². The van der Waals surface area contributed by atoms with E-state index in [1.54, 1.807) is 12.1 Å². The second-order valence-corrected chi connectivity index (χ2v) is 17.6. The molecule has 0 spiro atoms. The van der Waals surface area contributed by atoms with Crippen LogP contribution in [0.15, 0.2) is 59.5 Å². The van der Waals surface area contributed by atoms with Crippen molar-refractivity contribution in [3.05, 3.63) is 65.7 Å². The third-order valence-corrected chi connectivity index (χ3v) is 13.9. The normalized spacial score (nSPS) is 15.9. The highest BCUT2D eigenvalue weighted by Crippen LogP contribution is 2.56. The number of rotatable bonds is 10. The predicted octanol–water partition coefficient (Wildman–Crippen LogP) is 6.18. The summed E-state index contributed by atoms with van der Waals surface area (Å²) in [4.78, 5) is 0.568. The van der Waals surface area contributed by atoms with Gasteiger partial charge in [-0.3, -0.25) is 4.57 Å². The Morgan fingerprint density at radius 2 is 1.50 bits per heavy atom. The van der Waals surface area contributed by atoms with E-state index in [-0.39, 0.29) is 5.04 Å². The highest BCUT2D eigenvalue weighted by molar-refractivity contribution is 7.83. The van der Waals surface area contributed by atoms with Crippen molar-refractivity contribution in [3.63, 3.8) is 0 Å². The Morgan fingerprint density at radius 1 is 0.969 bits per heavy atom. The highest BCUT2D eigenvalue weighted by atomic mass is 32.2. The van der Waals surface area contributed by atoms with Crippen molar-refractivity contribution in [1.82, 2.24) is 4.72 Å². The van der Waals surface area contributed by atoms with Gasteiger partial charge in [0.25, 0.3) is 0 Å². The van der Waals surface area contributed by atoms with Gasteiger partial charge in [0, 0.05) is 14.2 Å². The van der Waals surface area contributed by atoms with Gasteiger partial charge in [0.05, 0.1) is 11.0 Å². The summed E-state index contributed by atoms with van der Waals surface area (Å²) in [7, 11) is -5.06. The minimum absolute atomic E-state index is 0.0924. The lowest BCUT2D eigenvalue weighted by atomic mass is 10.1. The quantitative estimate of drug-likeness (QED) is 0.313. The molecule has 32 heavy (non-hydrogen) atoms. The zero-order valence-corrected chi connectivity index (χ0v) is 23.0. The van der Waals surface area contributed by atoms with Crippen molar-refractivity contribution >= 4 is 26.9 Å². The minimum Gasteiger partial charge on any atom is -0.408 e. The Hall–Kier alpha value is -1.12. The molecule has 2 aromatic rings. The zero-order chi connectivity index (χ0) is 24.2. The maximum atomic E-state index is 13.7. The topological polar surface area (TPSA) is 73.9 Å². The van der Waals surface area contributed by atoms with Gasteiger partial charge in [-0.2, -0.15) is 0 Å².